The SMILES string of the molecule is O=C(NC[C@@H]1CCCN(Cc2ccc(-c3ccco3)cc2)C1)c1cccnc1. The molecule has 28 heavy (non-hydrogen) atoms. The van der Waals surface area contributed by atoms with E-state index >= 15 is 0 Å². The molecular formula is C23H25N3O2. The van der Waals surface area contributed by atoms with Crippen LogP contribution in [-0.4, -0.2) is 35.4 Å². The normalized spacial score (nSPS) is 17.4. The number of hydrogen-bond donors (Lipinski definition) is 1. The van der Waals surface area contributed by atoms with Crippen molar-refractivity contribution in [1.29, 1.82) is 0 Å². The van der Waals surface area contributed by atoms with Gasteiger partial charge in [0.05, 0.1) is 11.8 Å². The van der Waals surface area contributed by atoms with Crippen molar-refractivity contribution in [1.82, 2.24) is 15.2 Å². The highest BCUT2D eigenvalue weighted by atomic mass is 16.3. The summed E-state index contributed by atoms with van der Waals surface area (Å²) in [5.41, 5.74) is 3.02. The third-order valence-corrected chi connectivity index (χ3v) is 5.24. The van der Waals surface area contributed by atoms with Crippen LogP contribution in [0.15, 0.2) is 71.6 Å². The number of carbonyl (C=O) groups is 1. The van der Waals surface area contributed by atoms with Gasteiger partial charge in [0.2, 0.25) is 0 Å². The molecule has 4 rings (SSSR count). The predicted octanol–water partition coefficient (Wildman–Crippen LogP) is 3.98. The Balaban J connectivity index is 1.28. The van der Waals surface area contributed by atoms with Crippen LogP contribution in [0.5, 0.6) is 0 Å². The molecule has 0 spiro atoms. The summed E-state index contributed by atoms with van der Waals surface area (Å²) in [4.78, 5) is 18.7. The van der Waals surface area contributed by atoms with Gasteiger partial charge in [-0.3, -0.25) is 14.7 Å². The number of aromatic nitrogens is 1. The molecule has 0 saturated carbocycles. The monoisotopic (exact) mass is 375 g/mol. The number of amides is 1. The lowest BCUT2D eigenvalue weighted by Crippen LogP contribution is -2.40. The molecule has 3 heterocycles. The lowest BCUT2D eigenvalue weighted by molar-refractivity contribution is 0.0930. The van der Waals surface area contributed by atoms with Crippen LogP contribution in [0.1, 0.15) is 28.8 Å². The molecule has 1 atom stereocenters. The second-order valence-electron chi connectivity index (χ2n) is 7.37. The number of pyridine rings is 1. The lowest BCUT2D eigenvalue weighted by Gasteiger charge is -2.32. The summed E-state index contributed by atoms with van der Waals surface area (Å²) in [5.74, 6) is 1.34. The van der Waals surface area contributed by atoms with Crippen LogP contribution >= 0.6 is 0 Å². The summed E-state index contributed by atoms with van der Waals surface area (Å²) in [5, 5.41) is 3.06. The molecule has 1 amide bonds. The summed E-state index contributed by atoms with van der Waals surface area (Å²) in [6.07, 6.45) is 7.30. The number of furan rings is 1. The number of hydrogen-bond acceptors (Lipinski definition) is 4. The van der Waals surface area contributed by atoms with Crippen molar-refractivity contribution >= 4 is 5.91 Å². The molecule has 1 fully saturated rings. The van der Waals surface area contributed by atoms with Crippen molar-refractivity contribution in [2.75, 3.05) is 19.6 Å². The Morgan fingerprint density at radius 3 is 2.82 bits per heavy atom. The zero-order chi connectivity index (χ0) is 19.2. The molecule has 5 heteroatoms. The highest BCUT2D eigenvalue weighted by Crippen LogP contribution is 2.22. The molecule has 1 aliphatic rings. The highest BCUT2D eigenvalue weighted by Gasteiger charge is 2.20. The van der Waals surface area contributed by atoms with Crippen molar-refractivity contribution in [3.8, 4) is 11.3 Å². The van der Waals surface area contributed by atoms with E-state index < -0.39 is 0 Å². The summed E-state index contributed by atoms with van der Waals surface area (Å²) < 4.78 is 5.45. The van der Waals surface area contributed by atoms with Gasteiger partial charge in [-0.1, -0.05) is 24.3 Å². The minimum absolute atomic E-state index is 0.0428. The van der Waals surface area contributed by atoms with Gasteiger partial charge in [0.25, 0.3) is 5.91 Å². The number of nitrogens with one attached hydrogen (secondary N) is 1. The summed E-state index contributed by atoms with van der Waals surface area (Å²) in [6, 6.07) is 16.0. The highest BCUT2D eigenvalue weighted by molar-refractivity contribution is 5.93. The van der Waals surface area contributed by atoms with E-state index in [0.29, 0.717) is 18.0 Å². The van der Waals surface area contributed by atoms with Gasteiger partial charge in [0, 0.05) is 37.6 Å². The van der Waals surface area contributed by atoms with Crippen molar-refractivity contribution < 1.29 is 9.21 Å². The number of likely N-dealkylation sites (tertiary alicyclic amines) is 1. The quantitative estimate of drug-likeness (QED) is 0.708. The third-order valence-electron chi connectivity index (χ3n) is 5.24. The first-order chi connectivity index (χ1) is 13.8. The summed E-state index contributed by atoms with van der Waals surface area (Å²) in [6.45, 7) is 3.76. The molecule has 3 aromatic rings. The smallest absolute Gasteiger partial charge is 0.252 e. The van der Waals surface area contributed by atoms with E-state index in [1.54, 1.807) is 30.8 Å². The van der Waals surface area contributed by atoms with Crippen LogP contribution < -0.4 is 5.32 Å². The van der Waals surface area contributed by atoms with Crippen molar-refractivity contribution in [3.63, 3.8) is 0 Å². The Labute approximate surface area is 165 Å². The predicted molar refractivity (Wildman–Crippen MR) is 109 cm³/mol. The van der Waals surface area contributed by atoms with Gasteiger partial charge in [-0.25, -0.2) is 0 Å². The Kier molecular flexibility index (Phi) is 5.83. The van der Waals surface area contributed by atoms with E-state index in [0.717, 1.165) is 43.8 Å². The van der Waals surface area contributed by atoms with Crippen LogP contribution in [0.3, 0.4) is 0 Å². The van der Waals surface area contributed by atoms with Crippen LogP contribution in [0, 0.1) is 5.92 Å². The molecule has 0 unspecified atom stereocenters. The van der Waals surface area contributed by atoms with Gasteiger partial charge in [0.1, 0.15) is 5.76 Å². The molecule has 1 saturated heterocycles. The second kappa shape index (κ2) is 8.85. The molecule has 0 bridgehead atoms. The van der Waals surface area contributed by atoms with Gasteiger partial charge < -0.3 is 9.73 Å². The molecule has 0 radical (unpaired) electrons. The van der Waals surface area contributed by atoms with Crippen LogP contribution in [0.2, 0.25) is 0 Å². The minimum Gasteiger partial charge on any atom is -0.464 e. The largest absolute Gasteiger partial charge is 0.464 e. The van der Waals surface area contributed by atoms with Gasteiger partial charge in [-0.05, 0) is 55.1 Å². The number of nitrogens with zero attached hydrogens (tertiary/aromatic N) is 2. The molecule has 1 aliphatic heterocycles. The van der Waals surface area contributed by atoms with Crippen molar-refractivity contribution in [2.45, 2.75) is 19.4 Å². The van der Waals surface area contributed by atoms with Crippen LogP contribution in [-0.2, 0) is 6.54 Å². The first kappa shape index (κ1) is 18.4. The third kappa shape index (κ3) is 4.67. The van der Waals surface area contributed by atoms with Gasteiger partial charge in [0.15, 0.2) is 0 Å². The fraction of sp³-hybridized carbons (Fsp3) is 0.304. The summed E-state index contributed by atoms with van der Waals surface area (Å²) in [7, 11) is 0. The Bertz CT molecular complexity index is 876. The zero-order valence-corrected chi connectivity index (χ0v) is 15.9. The van der Waals surface area contributed by atoms with Gasteiger partial charge in [-0.2, -0.15) is 0 Å². The molecule has 1 aromatic carbocycles. The molecule has 144 valence electrons. The van der Waals surface area contributed by atoms with E-state index in [4.69, 9.17) is 4.42 Å². The maximum absolute atomic E-state index is 12.2. The topological polar surface area (TPSA) is 58.4 Å². The van der Waals surface area contributed by atoms with E-state index in [1.807, 2.05) is 12.1 Å². The standard InChI is InChI=1S/C23H25N3O2/c27-23(21-5-1-11-24-15-21)25-14-19-4-2-12-26(17-19)16-18-7-9-20(10-8-18)22-6-3-13-28-22/h1,3,5-11,13,15,19H,2,4,12,14,16-17H2,(H,25,27)/t19-/m0/s1. The Hall–Kier alpha value is -2.92. The molecule has 0 aliphatic carbocycles. The molecule has 1 N–H and O–H groups in total. The molecular weight excluding hydrogens is 350 g/mol. The van der Waals surface area contributed by atoms with Gasteiger partial charge in [-0.15, -0.1) is 0 Å². The Morgan fingerprint density at radius 2 is 2.07 bits per heavy atom. The van der Waals surface area contributed by atoms with Gasteiger partial charge >= 0.3 is 0 Å². The van der Waals surface area contributed by atoms with Crippen molar-refractivity contribution in [3.05, 3.63) is 78.3 Å². The summed E-state index contributed by atoms with van der Waals surface area (Å²) >= 11 is 0. The van der Waals surface area contributed by atoms with E-state index in [-0.39, 0.29) is 5.91 Å². The molecule has 2 aromatic heterocycles. The first-order valence-corrected chi connectivity index (χ1v) is 9.81. The fourth-order valence-corrected chi connectivity index (χ4v) is 3.77. The zero-order valence-electron chi connectivity index (χ0n) is 15.9. The van der Waals surface area contributed by atoms with Crippen LogP contribution in [0.25, 0.3) is 11.3 Å². The van der Waals surface area contributed by atoms with E-state index in [2.05, 4.69) is 39.5 Å². The number of piperidine rings is 1. The van der Waals surface area contributed by atoms with Crippen LogP contribution in [0.4, 0.5) is 0 Å². The number of benzene rings is 1. The number of rotatable bonds is 6. The van der Waals surface area contributed by atoms with E-state index in [9.17, 15) is 4.79 Å². The fourth-order valence-electron chi connectivity index (χ4n) is 3.77. The maximum atomic E-state index is 12.2. The number of carbonyl (C=O) groups excluding carboxylic acids is 1. The Morgan fingerprint density at radius 1 is 1.18 bits per heavy atom. The molecule has 5 nitrogen and oxygen atoms in total. The maximum Gasteiger partial charge on any atom is 0.252 e. The average Bonchev–Trinajstić information content (AvgIpc) is 3.28. The van der Waals surface area contributed by atoms with Crippen molar-refractivity contribution in [2.24, 2.45) is 5.92 Å². The first-order valence-electron chi connectivity index (χ1n) is 9.81. The van der Waals surface area contributed by atoms with E-state index in [1.165, 1.54) is 5.56 Å². The lowest BCUT2D eigenvalue weighted by atomic mass is 9.97. The second-order valence-corrected chi connectivity index (χ2v) is 7.37. The minimum atomic E-state index is -0.0428. The average molecular weight is 375 g/mol.